The molecule has 14 heteroatoms. The van der Waals surface area contributed by atoms with Gasteiger partial charge < -0.3 is 20.9 Å². The van der Waals surface area contributed by atoms with Crippen molar-refractivity contribution in [2.45, 2.75) is 18.5 Å². The number of aromatic nitrogens is 4. The number of ether oxygens (including phenoxy) is 2. The molecule has 2 aliphatic heterocycles. The third-order valence-electron chi connectivity index (χ3n) is 9.52. The number of fused-ring (bicyclic) bond motifs is 4. The maximum absolute atomic E-state index is 13.7. The molecule has 0 bridgehead atoms. The highest BCUT2D eigenvalue weighted by Crippen LogP contribution is 2.39. The molecule has 0 amide bonds. The summed E-state index contributed by atoms with van der Waals surface area (Å²) in [6.45, 7) is 0.297. The Kier molecular flexibility index (Phi) is 7.77. The molecule has 0 saturated carbocycles. The van der Waals surface area contributed by atoms with E-state index in [0.717, 1.165) is 9.36 Å². The number of allylic oxidation sites excluding steroid dienone is 2. The number of hydrogen-bond acceptors (Lipinski definition) is 10. The topological polar surface area (TPSA) is 206 Å². The Bertz CT molecular complexity index is 2740. The molecule has 0 spiro atoms. The molecule has 8 rings (SSSR count). The molecule has 0 fully saturated rings. The standard InChI is InChI=1S/C39H28N8O6/c40-20-28-32(44-36(48)22-10-1-3-12-24(22)38(50)46(44)34(28)42)26-14-5-7-16-30(26)52-18-9-19-53-31-17-8-6-15-27(31)33-29(21-41)35(43)47-39(51)25-13-4-2-11-23(25)37(49)45(33)47/h1-8,10-17,32-33H,9,18-19,42-43H2. The molecule has 2 unspecified atom stereocenters. The van der Waals surface area contributed by atoms with Crippen molar-refractivity contribution in [1.29, 1.82) is 10.5 Å². The zero-order valence-corrected chi connectivity index (χ0v) is 27.8. The molecular formula is C39H28N8O6. The lowest BCUT2D eigenvalue weighted by molar-refractivity contribution is 0.243. The van der Waals surface area contributed by atoms with Gasteiger partial charge in [0, 0.05) is 17.5 Å². The summed E-state index contributed by atoms with van der Waals surface area (Å²) in [4.78, 5) is 54.4. The molecule has 14 nitrogen and oxygen atoms in total. The van der Waals surface area contributed by atoms with Crippen molar-refractivity contribution in [3.05, 3.63) is 161 Å². The van der Waals surface area contributed by atoms with Crippen molar-refractivity contribution in [2.75, 3.05) is 13.2 Å². The average molecular weight is 705 g/mol. The quantitative estimate of drug-likeness (QED) is 0.222. The predicted molar refractivity (Wildman–Crippen MR) is 196 cm³/mol. The lowest BCUT2D eigenvalue weighted by Crippen LogP contribution is -2.38. The van der Waals surface area contributed by atoms with Crippen LogP contribution in [0.2, 0.25) is 0 Å². The second kappa shape index (κ2) is 12.6. The molecule has 0 saturated heterocycles. The Morgan fingerprint density at radius 3 is 1.25 bits per heavy atom. The first-order chi connectivity index (χ1) is 25.8. The zero-order valence-electron chi connectivity index (χ0n) is 27.8. The summed E-state index contributed by atoms with van der Waals surface area (Å²) in [7, 11) is 0. The van der Waals surface area contributed by atoms with Gasteiger partial charge in [0.25, 0.3) is 22.2 Å². The van der Waals surface area contributed by atoms with Gasteiger partial charge in [-0.15, -0.1) is 0 Å². The largest absolute Gasteiger partial charge is 0.493 e. The Morgan fingerprint density at radius 2 is 0.868 bits per heavy atom. The first kappa shape index (κ1) is 32.6. The van der Waals surface area contributed by atoms with Crippen molar-refractivity contribution in [2.24, 2.45) is 11.5 Å². The first-order valence-corrected chi connectivity index (χ1v) is 16.5. The van der Waals surface area contributed by atoms with Gasteiger partial charge in [-0.2, -0.15) is 19.9 Å². The van der Waals surface area contributed by atoms with E-state index in [1.165, 1.54) is 9.36 Å². The Morgan fingerprint density at radius 1 is 0.528 bits per heavy atom. The van der Waals surface area contributed by atoms with E-state index < -0.39 is 34.3 Å². The summed E-state index contributed by atoms with van der Waals surface area (Å²) in [5.41, 5.74) is 11.6. The SMILES string of the molecule is N#CC1=C(N)n2c(=O)c3ccccc3c(=O)n2C1c1ccccc1OCCCOc1ccccc1C1C(C#N)=C(N)n2c(=O)c3ccccc3c(=O)n21. The van der Waals surface area contributed by atoms with E-state index in [9.17, 15) is 29.7 Å². The molecule has 6 aromatic rings. The van der Waals surface area contributed by atoms with E-state index in [1.807, 2.05) is 0 Å². The van der Waals surface area contributed by atoms with Gasteiger partial charge in [-0.25, -0.2) is 9.36 Å². The highest BCUT2D eigenvalue weighted by atomic mass is 16.5. The first-order valence-electron chi connectivity index (χ1n) is 16.5. The third-order valence-corrected chi connectivity index (χ3v) is 9.52. The summed E-state index contributed by atoms with van der Waals surface area (Å²) in [5, 5.41) is 21.1. The number of rotatable bonds is 8. The summed E-state index contributed by atoms with van der Waals surface area (Å²) in [6, 6.07) is 28.8. The van der Waals surface area contributed by atoms with E-state index >= 15 is 0 Å². The van der Waals surface area contributed by atoms with Crippen LogP contribution in [-0.4, -0.2) is 31.9 Å². The Labute approximate surface area is 299 Å². The van der Waals surface area contributed by atoms with E-state index in [2.05, 4.69) is 12.1 Å². The van der Waals surface area contributed by atoms with E-state index in [-0.39, 0.29) is 57.5 Å². The summed E-state index contributed by atoms with van der Waals surface area (Å²) in [6.07, 6.45) is 0.367. The Balaban J connectivity index is 1.05. The van der Waals surface area contributed by atoms with Crippen molar-refractivity contribution in [3.63, 3.8) is 0 Å². The van der Waals surface area contributed by atoms with Gasteiger partial charge in [-0.3, -0.25) is 19.2 Å². The van der Waals surface area contributed by atoms with Gasteiger partial charge in [0.15, 0.2) is 0 Å². The fourth-order valence-corrected chi connectivity index (χ4v) is 7.14. The van der Waals surface area contributed by atoms with Crippen molar-refractivity contribution in [3.8, 4) is 23.6 Å². The van der Waals surface area contributed by atoms with E-state index in [4.69, 9.17) is 20.9 Å². The molecule has 2 aromatic heterocycles. The third kappa shape index (κ3) is 4.85. The van der Waals surface area contributed by atoms with Crippen molar-refractivity contribution in [1.82, 2.24) is 18.7 Å². The number of nitrogens with two attached hydrogens (primary N) is 2. The number of hydrogen-bond donors (Lipinski definition) is 2. The highest BCUT2D eigenvalue weighted by molar-refractivity contribution is 5.83. The normalized spacial score (nSPS) is 16.0. The molecule has 2 aliphatic rings. The Hall–Kier alpha value is -7.58. The van der Waals surface area contributed by atoms with Crippen LogP contribution in [0.5, 0.6) is 11.5 Å². The fraction of sp³-hybridized carbons (Fsp3) is 0.128. The van der Waals surface area contributed by atoms with Gasteiger partial charge >= 0.3 is 0 Å². The zero-order chi connectivity index (χ0) is 37.0. The molecule has 4 aromatic carbocycles. The van der Waals surface area contributed by atoms with Gasteiger partial charge in [0.05, 0.1) is 34.8 Å². The summed E-state index contributed by atoms with van der Waals surface area (Å²) in [5.74, 6) is 0.485. The maximum atomic E-state index is 13.7. The minimum atomic E-state index is -1.01. The van der Waals surface area contributed by atoms with Crippen LogP contribution in [0, 0.1) is 22.7 Å². The highest BCUT2D eigenvalue weighted by Gasteiger charge is 2.37. The van der Waals surface area contributed by atoms with E-state index in [0.29, 0.717) is 29.0 Å². The minimum absolute atomic E-state index is 0.0322. The van der Waals surface area contributed by atoms with Crippen LogP contribution in [0.3, 0.4) is 0 Å². The number of benzene rings is 4. The lowest BCUT2D eigenvalue weighted by atomic mass is 9.99. The van der Waals surface area contributed by atoms with Crippen LogP contribution in [0.25, 0.3) is 33.2 Å². The van der Waals surface area contributed by atoms with E-state index in [1.54, 1.807) is 97.1 Å². The average Bonchev–Trinajstić information content (AvgIpc) is 3.66. The minimum Gasteiger partial charge on any atom is -0.493 e. The lowest BCUT2D eigenvalue weighted by Gasteiger charge is -2.20. The monoisotopic (exact) mass is 704 g/mol. The van der Waals surface area contributed by atoms with Crippen LogP contribution in [0.15, 0.2) is 127 Å². The number of nitrogens with zero attached hydrogens (tertiary/aromatic N) is 6. The molecule has 4 heterocycles. The van der Waals surface area contributed by atoms with Crippen LogP contribution in [0.4, 0.5) is 0 Å². The van der Waals surface area contributed by atoms with Gasteiger partial charge in [-0.1, -0.05) is 60.7 Å². The molecule has 53 heavy (non-hydrogen) atoms. The molecule has 0 aliphatic carbocycles. The van der Waals surface area contributed by atoms with Crippen LogP contribution < -0.4 is 43.2 Å². The number of nitriles is 2. The molecule has 260 valence electrons. The van der Waals surface area contributed by atoms with Gasteiger partial charge in [0.2, 0.25) is 0 Å². The maximum Gasteiger partial charge on any atom is 0.279 e. The van der Waals surface area contributed by atoms with Gasteiger partial charge in [0.1, 0.15) is 58.5 Å². The molecule has 2 atom stereocenters. The second-order valence-corrected chi connectivity index (χ2v) is 12.4. The summed E-state index contributed by atoms with van der Waals surface area (Å²) < 4.78 is 16.8. The second-order valence-electron chi connectivity index (χ2n) is 12.4. The fourth-order valence-electron chi connectivity index (χ4n) is 7.14. The predicted octanol–water partition coefficient (Wildman–Crippen LogP) is 3.00. The van der Waals surface area contributed by atoms with Crippen LogP contribution in [0.1, 0.15) is 29.6 Å². The smallest absolute Gasteiger partial charge is 0.279 e. The molecular weight excluding hydrogens is 676 g/mol. The molecule has 4 N–H and O–H groups in total. The van der Waals surface area contributed by atoms with Crippen molar-refractivity contribution >= 4 is 33.2 Å². The number of para-hydroxylation sites is 2. The van der Waals surface area contributed by atoms with Crippen LogP contribution in [-0.2, 0) is 0 Å². The summed E-state index contributed by atoms with van der Waals surface area (Å²) >= 11 is 0. The van der Waals surface area contributed by atoms with Gasteiger partial charge in [-0.05, 0) is 36.4 Å². The van der Waals surface area contributed by atoms with Crippen LogP contribution >= 0.6 is 0 Å². The molecule has 0 radical (unpaired) electrons. The van der Waals surface area contributed by atoms with Crippen molar-refractivity contribution < 1.29 is 9.47 Å².